The first-order valence-electron chi connectivity index (χ1n) is 0.567. The Morgan fingerprint density at radius 3 is 1.00 bits per heavy atom. The summed E-state index contributed by atoms with van der Waals surface area (Å²) < 4.78 is 0. The summed E-state index contributed by atoms with van der Waals surface area (Å²) in [5.41, 5.74) is 0. The molecule has 0 N–H and O–H groups in total. The molecule has 4 heteroatoms. The van der Waals surface area contributed by atoms with E-state index in [1.54, 1.807) is 0 Å². The van der Waals surface area contributed by atoms with Crippen molar-refractivity contribution in [2.24, 2.45) is 0 Å². The van der Waals surface area contributed by atoms with Crippen molar-refractivity contribution in [3.8, 4) is 0 Å². The summed E-state index contributed by atoms with van der Waals surface area (Å²) in [5.74, 6) is 0. The number of hydrogen-bond donors (Lipinski definition) is 0. The molecule has 25 valence electrons. The average Bonchev–Trinajstić information content (AvgIpc) is 0.811. The number of hydrogen-bond acceptors (Lipinski definition) is 0. The molecule has 0 nitrogen and oxygen atoms in total. The van der Waals surface area contributed by atoms with Gasteiger partial charge in [0.05, 0.1) is 0 Å². The van der Waals surface area contributed by atoms with Gasteiger partial charge in [0.15, 0.2) is 0 Å². The van der Waals surface area contributed by atoms with Gasteiger partial charge in [0.25, 0.3) is 0 Å². The van der Waals surface area contributed by atoms with Crippen molar-refractivity contribution in [1.82, 2.24) is 0 Å². The van der Waals surface area contributed by atoms with Crippen LogP contribution in [-0.4, -0.2) is 0 Å². The van der Waals surface area contributed by atoms with Crippen molar-refractivity contribution in [2.45, 2.75) is 0 Å². The van der Waals surface area contributed by atoms with Crippen molar-refractivity contribution in [3.05, 3.63) is 0 Å². The van der Waals surface area contributed by atoms with Crippen molar-refractivity contribution >= 4 is 26.4 Å². The molecule has 0 saturated carbocycles. The van der Waals surface area contributed by atoms with Crippen LogP contribution in [0.15, 0.2) is 0 Å². The van der Waals surface area contributed by atoms with E-state index >= 15 is 0 Å². The second kappa shape index (κ2) is 3.99. The zero-order valence-corrected chi connectivity index (χ0v) is 9.53. The molecule has 0 amide bonds. The minimum atomic E-state index is -1.22. The van der Waals surface area contributed by atoms with Crippen LogP contribution in [0.5, 0.6) is 0 Å². The van der Waals surface area contributed by atoms with Crippen LogP contribution in [0, 0.1) is 26.1 Å². The Bertz CT molecular complexity index is 8.00. The fourth-order valence-electron chi connectivity index (χ4n) is 0. The zero-order valence-electron chi connectivity index (χ0n) is 1.63. The van der Waals surface area contributed by atoms with E-state index in [0.717, 1.165) is 0 Å². The molecule has 0 radical (unpaired) electrons. The zero-order chi connectivity index (χ0) is 3.58. The fourth-order valence-corrected chi connectivity index (χ4v) is 0. The second-order valence-electron chi connectivity index (χ2n) is 0.214. The summed E-state index contributed by atoms with van der Waals surface area (Å²) in [7, 11) is 9.95. The van der Waals surface area contributed by atoms with Crippen LogP contribution in [0.25, 0.3) is 0 Å². The maximum absolute atomic E-state index is 3.32. The van der Waals surface area contributed by atoms with Crippen LogP contribution in [-0.2, 0) is 0 Å². The fraction of sp³-hybridized carbons (Fsp3) is 0. The maximum atomic E-state index is 3.32. The van der Waals surface area contributed by atoms with Gasteiger partial charge in [0.1, 0.15) is 0 Å². The van der Waals surface area contributed by atoms with Crippen LogP contribution in [0.3, 0.4) is 0 Å². The third-order valence-electron chi connectivity index (χ3n) is 0. The van der Waals surface area contributed by atoms with E-state index < -0.39 is 26.1 Å². The monoisotopic (exact) mass is 377 g/mol. The molecule has 0 aromatic rings. The van der Waals surface area contributed by atoms with Gasteiger partial charge in [-0.2, -0.15) is 0 Å². The Balaban J connectivity index is 2.32. The molecule has 0 heterocycles. The Kier molecular flexibility index (Phi) is 6.80. The van der Waals surface area contributed by atoms with Crippen LogP contribution in [0.2, 0.25) is 0 Å². The van der Waals surface area contributed by atoms with Gasteiger partial charge in [-0.05, 0) is 0 Å². The Morgan fingerprint density at radius 2 is 1.00 bits per heavy atom. The Labute approximate surface area is 50.6 Å². The van der Waals surface area contributed by atoms with E-state index in [2.05, 4.69) is 26.4 Å². The van der Waals surface area contributed by atoms with Crippen molar-refractivity contribution in [2.75, 3.05) is 0 Å². The first kappa shape index (κ1) is 6.82. The molecule has 0 spiro atoms. The molecule has 0 aromatic heterocycles. The van der Waals surface area contributed by atoms with E-state index in [4.69, 9.17) is 0 Å². The Morgan fingerprint density at radius 1 is 1.00 bits per heavy atom. The van der Waals surface area contributed by atoms with Crippen molar-refractivity contribution < 1.29 is 26.1 Å². The average molecular weight is 380 g/mol. The van der Waals surface area contributed by atoms with Crippen molar-refractivity contribution in [3.63, 3.8) is 0 Å². The normalized spacial score (nSPS) is 6.75. The summed E-state index contributed by atoms with van der Waals surface area (Å²) >= 11 is -1.22. The predicted molar refractivity (Wildman–Crippen MR) is 26.8 cm³/mol. The van der Waals surface area contributed by atoms with Gasteiger partial charge in [-0.15, -0.1) is 0 Å². The summed E-state index contributed by atoms with van der Waals surface area (Å²) in [6.45, 7) is 0. The first-order chi connectivity index (χ1) is 1.73. The molecule has 0 aliphatic rings. The summed E-state index contributed by atoms with van der Waals surface area (Å²) in [6.07, 6.45) is 0. The molecule has 0 rings (SSSR count). The van der Waals surface area contributed by atoms with Gasteiger partial charge < -0.3 is 0 Å². The van der Waals surface area contributed by atoms with Gasteiger partial charge in [0, 0.05) is 0 Å². The number of rotatable bonds is 0. The SMILES string of the molecule is [Br][Ce]([Br])[Br]. The Hall–Kier alpha value is 2.82. The second-order valence-corrected chi connectivity index (χ2v) is 42.1. The molecule has 0 atom stereocenters. The van der Waals surface area contributed by atoms with E-state index in [9.17, 15) is 0 Å². The number of halogens is 3. The van der Waals surface area contributed by atoms with Crippen molar-refractivity contribution in [1.29, 1.82) is 0 Å². The summed E-state index contributed by atoms with van der Waals surface area (Å²) in [4.78, 5) is 0. The molecule has 0 fully saturated rings. The summed E-state index contributed by atoms with van der Waals surface area (Å²) in [6, 6.07) is 0. The molecule has 4 heavy (non-hydrogen) atoms. The van der Waals surface area contributed by atoms with Gasteiger partial charge >= 0.3 is 52.5 Å². The van der Waals surface area contributed by atoms with Gasteiger partial charge in [-0.1, -0.05) is 0 Å². The van der Waals surface area contributed by atoms with Crippen LogP contribution in [0.1, 0.15) is 0 Å². The topological polar surface area (TPSA) is 0 Å². The predicted octanol–water partition coefficient (Wildman–Crippen LogP) is 2.54. The third-order valence-corrected chi connectivity index (χ3v) is 0. The van der Waals surface area contributed by atoms with E-state index in [1.807, 2.05) is 0 Å². The summed E-state index contributed by atoms with van der Waals surface area (Å²) in [5, 5.41) is 0. The first-order valence-corrected chi connectivity index (χ1v) is 21.4. The van der Waals surface area contributed by atoms with E-state index in [-0.39, 0.29) is 0 Å². The van der Waals surface area contributed by atoms with Gasteiger partial charge in [-0.25, -0.2) is 0 Å². The van der Waals surface area contributed by atoms with Gasteiger partial charge in [-0.3, -0.25) is 0 Å². The van der Waals surface area contributed by atoms with Crippen LogP contribution < -0.4 is 0 Å². The molecule has 0 unspecified atom stereocenters. The molecular formula is Br3Ce. The molecule has 0 aliphatic carbocycles. The molecule has 0 saturated heterocycles. The van der Waals surface area contributed by atoms with Crippen LogP contribution in [0.4, 0.5) is 0 Å². The van der Waals surface area contributed by atoms with Gasteiger partial charge in [0.2, 0.25) is 0 Å². The van der Waals surface area contributed by atoms with E-state index in [1.165, 1.54) is 0 Å². The quantitative estimate of drug-likeness (QED) is 0.607. The molecule has 0 bridgehead atoms. The minimum absolute atomic E-state index is 1.22. The molecule has 0 aromatic carbocycles. The van der Waals surface area contributed by atoms with Crippen LogP contribution >= 0.6 is 26.4 Å². The molecular weight excluding hydrogens is 380 g/mol. The van der Waals surface area contributed by atoms with E-state index in [0.29, 0.717) is 0 Å². The third kappa shape index (κ3) is 8.84. The standard InChI is InChI=1S/3BrH.Ce/h3*1H;/q;;;+3/p-3. The molecule has 0 aliphatic heterocycles.